The molecule has 0 aromatic carbocycles. The van der Waals surface area contributed by atoms with Gasteiger partial charge >= 0.3 is 0 Å². The average Bonchev–Trinajstić information content (AvgIpc) is 2.21. The molecule has 14 heavy (non-hydrogen) atoms. The van der Waals surface area contributed by atoms with Gasteiger partial charge in [0.2, 0.25) is 0 Å². The third-order valence-electron chi connectivity index (χ3n) is 1.55. The fourth-order valence-corrected chi connectivity index (χ4v) is 0.825. The molecule has 0 aliphatic rings. The molecule has 0 spiro atoms. The SMILES string of the molecule is CC.CC(=O)c1cncc(C(C)=O)c1. The van der Waals surface area contributed by atoms with E-state index >= 15 is 0 Å². The number of pyridine rings is 1. The summed E-state index contributed by atoms with van der Waals surface area (Å²) >= 11 is 0. The minimum Gasteiger partial charge on any atom is -0.294 e. The molecule has 0 radical (unpaired) electrons. The Morgan fingerprint density at radius 2 is 1.36 bits per heavy atom. The molecule has 1 aromatic rings. The number of ketones is 2. The van der Waals surface area contributed by atoms with Crippen LogP contribution in [-0.4, -0.2) is 16.6 Å². The van der Waals surface area contributed by atoms with Crippen molar-refractivity contribution in [2.45, 2.75) is 27.7 Å². The van der Waals surface area contributed by atoms with Crippen LogP contribution in [0.3, 0.4) is 0 Å². The minimum atomic E-state index is -0.0781. The van der Waals surface area contributed by atoms with Crippen LogP contribution in [0.5, 0.6) is 0 Å². The largest absolute Gasteiger partial charge is 0.294 e. The standard InChI is InChI=1S/C9H9NO2.C2H6/c1-6(11)8-3-9(7(2)12)5-10-4-8;1-2/h3-5H,1-2H3;1-2H3. The first-order chi connectivity index (χ1) is 6.61. The predicted octanol–water partition coefficient (Wildman–Crippen LogP) is 2.51. The molecule has 1 heterocycles. The van der Waals surface area contributed by atoms with Crippen LogP contribution in [0.4, 0.5) is 0 Å². The molecule has 1 rings (SSSR count). The van der Waals surface area contributed by atoms with Gasteiger partial charge in [-0.3, -0.25) is 14.6 Å². The molecular formula is C11H15NO2. The molecule has 0 unspecified atom stereocenters. The molecule has 0 saturated heterocycles. The summed E-state index contributed by atoms with van der Waals surface area (Å²) in [5.74, 6) is -0.156. The van der Waals surface area contributed by atoms with Gasteiger partial charge in [0, 0.05) is 23.5 Å². The number of carbonyl (C=O) groups excluding carboxylic acids is 2. The fourth-order valence-electron chi connectivity index (χ4n) is 0.825. The Morgan fingerprint density at radius 3 is 1.64 bits per heavy atom. The van der Waals surface area contributed by atoms with Crippen LogP contribution < -0.4 is 0 Å². The quantitative estimate of drug-likeness (QED) is 0.678. The predicted molar refractivity (Wildman–Crippen MR) is 55.6 cm³/mol. The van der Waals surface area contributed by atoms with Crippen molar-refractivity contribution in [3.8, 4) is 0 Å². The lowest BCUT2D eigenvalue weighted by Crippen LogP contribution is -1.98. The Kier molecular flexibility index (Phi) is 5.37. The summed E-state index contributed by atoms with van der Waals surface area (Å²) in [5, 5.41) is 0. The zero-order chi connectivity index (χ0) is 11.1. The van der Waals surface area contributed by atoms with E-state index in [1.807, 2.05) is 13.8 Å². The van der Waals surface area contributed by atoms with E-state index in [0.29, 0.717) is 11.1 Å². The molecule has 0 fully saturated rings. The van der Waals surface area contributed by atoms with E-state index in [2.05, 4.69) is 4.98 Å². The summed E-state index contributed by atoms with van der Waals surface area (Å²) in [6.45, 7) is 6.89. The van der Waals surface area contributed by atoms with Crippen molar-refractivity contribution in [1.29, 1.82) is 0 Å². The number of nitrogens with zero attached hydrogens (tertiary/aromatic N) is 1. The van der Waals surface area contributed by atoms with Gasteiger partial charge in [0.15, 0.2) is 11.6 Å². The van der Waals surface area contributed by atoms with Crippen LogP contribution in [0.1, 0.15) is 48.4 Å². The fraction of sp³-hybridized carbons (Fsp3) is 0.364. The Bertz CT molecular complexity index is 303. The van der Waals surface area contributed by atoms with Gasteiger partial charge in [-0.1, -0.05) is 13.8 Å². The Hall–Kier alpha value is -1.51. The lowest BCUT2D eigenvalue weighted by Gasteiger charge is -1.96. The second-order valence-electron chi connectivity index (χ2n) is 2.57. The highest BCUT2D eigenvalue weighted by Crippen LogP contribution is 2.03. The van der Waals surface area contributed by atoms with Crippen LogP contribution in [0.25, 0.3) is 0 Å². The van der Waals surface area contributed by atoms with Crippen LogP contribution in [-0.2, 0) is 0 Å². The van der Waals surface area contributed by atoms with Crippen LogP contribution in [0.15, 0.2) is 18.5 Å². The monoisotopic (exact) mass is 193 g/mol. The highest BCUT2D eigenvalue weighted by atomic mass is 16.1. The number of aromatic nitrogens is 1. The van der Waals surface area contributed by atoms with Crippen molar-refractivity contribution in [2.24, 2.45) is 0 Å². The highest BCUT2D eigenvalue weighted by molar-refractivity contribution is 5.98. The van der Waals surface area contributed by atoms with Crippen molar-refractivity contribution < 1.29 is 9.59 Å². The molecule has 0 saturated carbocycles. The molecule has 0 aliphatic heterocycles. The van der Waals surface area contributed by atoms with E-state index in [-0.39, 0.29) is 11.6 Å². The second-order valence-corrected chi connectivity index (χ2v) is 2.57. The van der Waals surface area contributed by atoms with Crippen LogP contribution in [0.2, 0.25) is 0 Å². The van der Waals surface area contributed by atoms with Crippen molar-refractivity contribution >= 4 is 11.6 Å². The highest BCUT2D eigenvalue weighted by Gasteiger charge is 2.03. The van der Waals surface area contributed by atoms with Gasteiger partial charge in [0.1, 0.15) is 0 Å². The summed E-state index contributed by atoms with van der Waals surface area (Å²) in [7, 11) is 0. The molecule has 3 heteroatoms. The van der Waals surface area contributed by atoms with Crippen molar-refractivity contribution in [3.05, 3.63) is 29.6 Å². The maximum atomic E-state index is 10.9. The maximum absolute atomic E-state index is 10.9. The first-order valence-corrected chi connectivity index (χ1v) is 4.58. The van der Waals surface area contributed by atoms with Crippen molar-refractivity contribution in [2.75, 3.05) is 0 Å². The molecule has 0 amide bonds. The third-order valence-corrected chi connectivity index (χ3v) is 1.55. The normalized spacial score (nSPS) is 8.57. The maximum Gasteiger partial charge on any atom is 0.161 e. The summed E-state index contributed by atoms with van der Waals surface area (Å²) in [4.78, 5) is 25.5. The zero-order valence-corrected chi connectivity index (χ0v) is 9.00. The molecule has 76 valence electrons. The topological polar surface area (TPSA) is 47.0 Å². The Balaban J connectivity index is 0.000000791. The number of carbonyl (C=O) groups is 2. The Labute approximate surface area is 84.2 Å². The van der Waals surface area contributed by atoms with E-state index in [9.17, 15) is 9.59 Å². The van der Waals surface area contributed by atoms with E-state index in [1.54, 1.807) is 6.07 Å². The van der Waals surface area contributed by atoms with Gasteiger partial charge in [-0.05, 0) is 19.9 Å². The van der Waals surface area contributed by atoms with Crippen LogP contribution >= 0.6 is 0 Å². The van der Waals surface area contributed by atoms with Crippen molar-refractivity contribution in [3.63, 3.8) is 0 Å². The number of Topliss-reactive ketones (excluding diaryl/α,β-unsaturated/α-hetero) is 2. The molecule has 3 nitrogen and oxygen atoms in total. The lowest BCUT2D eigenvalue weighted by molar-refractivity contribution is 0.101. The summed E-state index contributed by atoms with van der Waals surface area (Å²) in [5.41, 5.74) is 0.949. The number of hydrogen-bond acceptors (Lipinski definition) is 3. The van der Waals surface area contributed by atoms with E-state index in [1.165, 1.54) is 26.2 Å². The van der Waals surface area contributed by atoms with E-state index in [0.717, 1.165) is 0 Å². The molecule has 0 aliphatic carbocycles. The summed E-state index contributed by atoms with van der Waals surface area (Å²) in [6.07, 6.45) is 2.91. The number of rotatable bonds is 2. The van der Waals surface area contributed by atoms with Gasteiger partial charge in [0.05, 0.1) is 0 Å². The molecular weight excluding hydrogens is 178 g/mol. The van der Waals surface area contributed by atoms with Gasteiger partial charge in [-0.2, -0.15) is 0 Å². The van der Waals surface area contributed by atoms with E-state index < -0.39 is 0 Å². The Morgan fingerprint density at radius 1 is 1.00 bits per heavy atom. The molecule has 0 N–H and O–H groups in total. The lowest BCUT2D eigenvalue weighted by atomic mass is 10.1. The average molecular weight is 193 g/mol. The van der Waals surface area contributed by atoms with Crippen molar-refractivity contribution in [1.82, 2.24) is 4.98 Å². The van der Waals surface area contributed by atoms with Gasteiger partial charge in [-0.15, -0.1) is 0 Å². The first-order valence-electron chi connectivity index (χ1n) is 4.58. The smallest absolute Gasteiger partial charge is 0.161 e. The van der Waals surface area contributed by atoms with Crippen LogP contribution in [0, 0.1) is 0 Å². The molecule has 0 atom stereocenters. The second kappa shape index (κ2) is 6.02. The third kappa shape index (κ3) is 3.47. The summed E-state index contributed by atoms with van der Waals surface area (Å²) < 4.78 is 0. The van der Waals surface area contributed by atoms with E-state index in [4.69, 9.17) is 0 Å². The van der Waals surface area contributed by atoms with Gasteiger partial charge in [0.25, 0.3) is 0 Å². The van der Waals surface area contributed by atoms with Gasteiger partial charge in [-0.25, -0.2) is 0 Å². The zero-order valence-electron chi connectivity index (χ0n) is 9.00. The molecule has 1 aromatic heterocycles. The first kappa shape index (κ1) is 12.5. The molecule has 0 bridgehead atoms. The van der Waals surface area contributed by atoms with Gasteiger partial charge < -0.3 is 0 Å². The summed E-state index contributed by atoms with van der Waals surface area (Å²) in [6, 6.07) is 1.55. The minimum absolute atomic E-state index is 0.0781. The number of hydrogen-bond donors (Lipinski definition) is 0.